The maximum Gasteiger partial charge on any atom is 0.303 e. The van der Waals surface area contributed by atoms with Crippen LogP contribution in [0.4, 0.5) is 5.69 Å². The molecule has 0 aliphatic heterocycles. The molecule has 6 nitrogen and oxygen atoms in total. The second-order valence-electron chi connectivity index (χ2n) is 3.63. The van der Waals surface area contributed by atoms with Crippen LogP contribution in [0.25, 0.3) is 0 Å². The molecule has 1 aromatic rings. The zero-order valence-electron chi connectivity index (χ0n) is 10.5. The number of carboxylic acid groups (broad SMARTS) is 1. The molecule has 19 heavy (non-hydrogen) atoms. The number of hydrogen-bond donors (Lipinski definition) is 2. The fourth-order valence-electron chi connectivity index (χ4n) is 1.39. The number of methoxy groups -OCH3 is 2. The average molecular weight is 288 g/mol. The van der Waals surface area contributed by atoms with Crippen LogP contribution in [0.3, 0.4) is 0 Å². The summed E-state index contributed by atoms with van der Waals surface area (Å²) < 4.78 is 10.1. The summed E-state index contributed by atoms with van der Waals surface area (Å²) in [5.74, 6) is -0.663. The Morgan fingerprint density at radius 3 is 2.37 bits per heavy atom. The number of carbonyl (C=O) groups is 2. The summed E-state index contributed by atoms with van der Waals surface area (Å²) in [7, 11) is 2.90. The maximum absolute atomic E-state index is 11.5. The lowest BCUT2D eigenvalue weighted by molar-refractivity contribution is -0.138. The van der Waals surface area contributed by atoms with Crippen LogP contribution < -0.4 is 14.8 Å². The van der Waals surface area contributed by atoms with E-state index in [-0.39, 0.29) is 12.8 Å². The molecule has 1 rings (SSSR count). The van der Waals surface area contributed by atoms with E-state index in [1.807, 2.05) is 0 Å². The monoisotopic (exact) mass is 287 g/mol. The predicted molar refractivity (Wildman–Crippen MR) is 70.1 cm³/mol. The first-order valence-corrected chi connectivity index (χ1v) is 5.79. The van der Waals surface area contributed by atoms with Gasteiger partial charge in [0.2, 0.25) is 5.91 Å². The summed E-state index contributed by atoms with van der Waals surface area (Å²) in [6, 6.07) is 3.02. The van der Waals surface area contributed by atoms with Crippen molar-refractivity contribution in [2.24, 2.45) is 0 Å². The Kier molecular flexibility index (Phi) is 5.44. The van der Waals surface area contributed by atoms with Crippen LogP contribution in [0.1, 0.15) is 12.8 Å². The van der Waals surface area contributed by atoms with E-state index in [0.29, 0.717) is 22.2 Å². The normalized spacial score (nSPS) is 9.84. The van der Waals surface area contributed by atoms with Crippen molar-refractivity contribution in [1.29, 1.82) is 0 Å². The van der Waals surface area contributed by atoms with Gasteiger partial charge in [-0.25, -0.2) is 0 Å². The summed E-state index contributed by atoms with van der Waals surface area (Å²) in [4.78, 5) is 21.9. The summed E-state index contributed by atoms with van der Waals surface area (Å²) in [5.41, 5.74) is 0.365. The van der Waals surface area contributed by atoms with Crippen LogP contribution >= 0.6 is 11.6 Å². The average Bonchev–Trinajstić information content (AvgIpc) is 2.36. The van der Waals surface area contributed by atoms with Gasteiger partial charge < -0.3 is 19.9 Å². The van der Waals surface area contributed by atoms with Crippen molar-refractivity contribution in [3.05, 3.63) is 17.2 Å². The first-order chi connectivity index (χ1) is 8.97. The number of halogens is 1. The summed E-state index contributed by atoms with van der Waals surface area (Å²) in [5, 5.41) is 11.4. The molecule has 7 heteroatoms. The van der Waals surface area contributed by atoms with Gasteiger partial charge in [0.15, 0.2) is 0 Å². The van der Waals surface area contributed by atoms with Crippen molar-refractivity contribution in [3.63, 3.8) is 0 Å². The number of nitrogens with one attached hydrogen (secondary N) is 1. The number of carboxylic acids is 1. The van der Waals surface area contributed by atoms with Gasteiger partial charge in [-0.2, -0.15) is 0 Å². The lowest BCUT2D eigenvalue weighted by Gasteiger charge is -2.12. The maximum atomic E-state index is 11.5. The molecule has 0 unspecified atom stereocenters. The molecule has 0 aromatic heterocycles. The van der Waals surface area contributed by atoms with Crippen LogP contribution in [-0.4, -0.2) is 31.2 Å². The Morgan fingerprint density at radius 1 is 1.21 bits per heavy atom. The Hall–Kier alpha value is -1.95. The second-order valence-corrected chi connectivity index (χ2v) is 4.04. The smallest absolute Gasteiger partial charge is 0.303 e. The molecule has 0 fully saturated rings. The highest BCUT2D eigenvalue weighted by Crippen LogP contribution is 2.35. The van der Waals surface area contributed by atoms with Crippen molar-refractivity contribution in [2.45, 2.75) is 12.8 Å². The fraction of sp³-hybridized carbons (Fsp3) is 0.333. The Bertz CT molecular complexity index is 489. The van der Waals surface area contributed by atoms with Crippen molar-refractivity contribution in [2.75, 3.05) is 19.5 Å². The lowest BCUT2D eigenvalue weighted by Crippen LogP contribution is -2.14. The lowest BCUT2D eigenvalue weighted by atomic mass is 10.2. The molecule has 2 N–H and O–H groups in total. The number of anilines is 1. The van der Waals surface area contributed by atoms with Crippen LogP contribution in [0, 0.1) is 0 Å². The van der Waals surface area contributed by atoms with Crippen molar-refractivity contribution >= 4 is 29.2 Å². The minimum absolute atomic E-state index is 0.123. The molecule has 0 bridgehead atoms. The summed E-state index contributed by atoms with van der Waals surface area (Å²) in [6.45, 7) is 0. The third kappa shape index (κ3) is 4.33. The van der Waals surface area contributed by atoms with Crippen LogP contribution in [0.15, 0.2) is 12.1 Å². The van der Waals surface area contributed by atoms with Gasteiger partial charge in [0, 0.05) is 12.5 Å². The summed E-state index contributed by atoms with van der Waals surface area (Å²) >= 11 is 5.94. The van der Waals surface area contributed by atoms with Gasteiger partial charge in [-0.15, -0.1) is 0 Å². The highest BCUT2D eigenvalue weighted by molar-refractivity contribution is 6.32. The molecule has 0 aliphatic carbocycles. The van der Waals surface area contributed by atoms with Crippen LogP contribution in [0.5, 0.6) is 11.5 Å². The van der Waals surface area contributed by atoms with E-state index in [9.17, 15) is 9.59 Å². The van der Waals surface area contributed by atoms with E-state index in [0.717, 1.165) is 0 Å². The number of hydrogen-bond acceptors (Lipinski definition) is 4. The molecular formula is C12H14ClNO5. The largest absolute Gasteiger partial charge is 0.495 e. The number of carbonyl (C=O) groups excluding carboxylic acids is 1. The zero-order chi connectivity index (χ0) is 14.4. The van der Waals surface area contributed by atoms with Gasteiger partial charge in [-0.05, 0) is 6.07 Å². The molecule has 0 saturated carbocycles. The topological polar surface area (TPSA) is 84.9 Å². The summed E-state index contributed by atoms with van der Waals surface area (Å²) in [6.07, 6.45) is -0.361. The van der Waals surface area contributed by atoms with Gasteiger partial charge in [0.1, 0.15) is 11.5 Å². The molecule has 1 amide bonds. The standard InChI is InChI=1S/C12H14ClNO5/c1-18-9-6-10(19-2)8(5-7(9)13)14-11(15)3-4-12(16)17/h5-6H,3-4H2,1-2H3,(H,14,15)(H,16,17). The Labute approximate surface area is 115 Å². The van der Waals surface area contributed by atoms with Gasteiger partial charge in [0.25, 0.3) is 0 Å². The highest BCUT2D eigenvalue weighted by atomic mass is 35.5. The first-order valence-electron chi connectivity index (χ1n) is 5.41. The van der Waals surface area contributed by atoms with E-state index in [1.165, 1.54) is 26.4 Å². The van der Waals surface area contributed by atoms with Gasteiger partial charge in [-0.3, -0.25) is 9.59 Å². The minimum atomic E-state index is -1.03. The molecule has 0 atom stereocenters. The molecular weight excluding hydrogens is 274 g/mol. The van der Waals surface area contributed by atoms with E-state index in [4.69, 9.17) is 26.2 Å². The molecule has 0 heterocycles. The molecule has 0 spiro atoms. The molecule has 104 valence electrons. The highest BCUT2D eigenvalue weighted by Gasteiger charge is 2.13. The fourth-order valence-corrected chi connectivity index (χ4v) is 1.63. The van der Waals surface area contributed by atoms with E-state index in [2.05, 4.69) is 5.32 Å². The Morgan fingerprint density at radius 2 is 1.84 bits per heavy atom. The second kappa shape index (κ2) is 6.84. The molecule has 0 radical (unpaired) electrons. The number of rotatable bonds is 6. The number of aliphatic carboxylic acids is 1. The SMILES string of the molecule is COc1cc(OC)c(NC(=O)CCC(=O)O)cc1Cl. The molecule has 1 aromatic carbocycles. The van der Waals surface area contributed by atoms with Gasteiger partial charge in [-0.1, -0.05) is 11.6 Å². The minimum Gasteiger partial charge on any atom is -0.495 e. The van der Waals surface area contributed by atoms with Gasteiger partial charge in [0.05, 0.1) is 31.4 Å². The van der Waals surface area contributed by atoms with Crippen molar-refractivity contribution < 1.29 is 24.2 Å². The van der Waals surface area contributed by atoms with E-state index in [1.54, 1.807) is 0 Å². The van der Waals surface area contributed by atoms with Crippen LogP contribution in [0.2, 0.25) is 5.02 Å². The van der Waals surface area contributed by atoms with Crippen molar-refractivity contribution in [3.8, 4) is 11.5 Å². The van der Waals surface area contributed by atoms with E-state index < -0.39 is 11.9 Å². The van der Waals surface area contributed by atoms with E-state index >= 15 is 0 Å². The number of benzene rings is 1. The number of amides is 1. The Balaban J connectivity index is 2.85. The third-order valence-electron chi connectivity index (χ3n) is 2.31. The van der Waals surface area contributed by atoms with Gasteiger partial charge >= 0.3 is 5.97 Å². The molecule has 0 saturated heterocycles. The van der Waals surface area contributed by atoms with Crippen molar-refractivity contribution in [1.82, 2.24) is 0 Å². The first kappa shape index (κ1) is 15.1. The quantitative estimate of drug-likeness (QED) is 0.837. The number of ether oxygens (including phenoxy) is 2. The predicted octanol–water partition coefficient (Wildman–Crippen LogP) is 2.16. The zero-order valence-corrected chi connectivity index (χ0v) is 11.3. The third-order valence-corrected chi connectivity index (χ3v) is 2.61. The molecule has 0 aliphatic rings. The van der Waals surface area contributed by atoms with Crippen LogP contribution in [-0.2, 0) is 9.59 Å².